The summed E-state index contributed by atoms with van der Waals surface area (Å²) < 4.78 is 926. The van der Waals surface area contributed by atoms with Crippen LogP contribution in [0.5, 0.6) is 5.75 Å². The molecule has 3 rings (SSSR count). The van der Waals surface area contributed by atoms with Gasteiger partial charge in [0.1, 0.15) is 11.8 Å². The smallest absolute Gasteiger partial charge is 0.460 e. The summed E-state index contributed by atoms with van der Waals surface area (Å²) in [5, 5.41) is -0.667. The molecule has 0 saturated heterocycles. The first-order valence-corrected chi connectivity index (χ1v) is 35.7. The maximum atomic E-state index is 16.3. The van der Waals surface area contributed by atoms with Crippen LogP contribution in [0.15, 0.2) is 78.9 Å². The molecule has 0 aliphatic carbocycles. The predicted octanol–water partition coefficient (Wildman–Crippen LogP) is 26.7. The van der Waals surface area contributed by atoms with Crippen LogP contribution in [0.25, 0.3) is 0 Å². The quantitative estimate of drug-likeness (QED) is 0.0455. The third kappa shape index (κ3) is 17.4. The third-order valence-electron chi connectivity index (χ3n) is 19.2. The van der Waals surface area contributed by atoms with Crippen molar-refractivity contribution in [2.75, 3.05) is 7.11 Å². The van der Waals surface area contributed by atoms with Crippen LogP contribution in [0.1, 0.15) is 67.6 Å². The van der Waals surface area contributed by atoms with Crippen LogP contribution in [0.4, 0.5) is 277 Å². The standard InChI is InChI=1S/C63H41F63N2O3Si/c1-33(2,3)127-31(129)30(26-10-14-28(131-4)15-11-26)128(24-25-8-6-5-7-9-25)32(130)27-12-16-29(17-13-27)132(21-18-34(64,65)37(70,71)40(76,77)43(82,83)46(88,89)49(94,95)52(100,101)55(106,107)58(112,113)61(118,119)120,22-19-35(66,67)38(72,73)41(78,79)44(84,85)47(90,91)50(96,97)53(102,103)56(108,109)59(114,115)62(121,122)123)23-20-36(68,69)39(74,75)42(80,81)45(86,87)48(92,93)51(98,99)54(104,105)57(110,111)60(116,117)63(124,125)126/h5-17,30H,18-24H2,1-4H3,(H,127,129). The molecular weight excluding hydrogens is 2060 g/mol. The SMILES string of the molecule is COc1ccc(C(C(=O)NC(C)(C)C)N(Cc2ccccc2)C(=O)c2ccc([Si](CCC(F)(F)C(F)(F)C(F)(F)C(F)(F)C(F)(F)C(F)(F)C(F)(F)C(F)(F)C(F)(F)C(F)(F)F)(CCC(F)(F)C(F)(F)C(F)(F)C(F)(F)C(F)(F)C(F)(F)C(F)(F)C(F)(F)C(F)(F)C(F)(F)F)CCC(F)(F)C(F)(F)C(F)(F)C(F)(F)C(F)(F)C(F)(F)C(F)(F)C(F)(F)C(F)(F)C(F)(F)F)cc2)cc1. The Labute approximate surface area is 689 Å². The first-order valence-electron chi connectivity index (χ1n) is 33.1. The van der Waals surface area contributed by atoms with Crippen molar-refractivity contribution in [1.29, 1.82) is 0 Å². The number of nitrogens with zero attached hydrogens (tertiary/aromatic N) is 1. The van der Waals surface area contributed by atoms with Gasteiger partial charge >= 0.3 is 178 Å². The Kier molecular flexibility index (Phi) is 30.3. The summed E-state index contributed by atoms with van der Waals surface area (Å²) in [6.07, 6.45) is -41.3. The lowest BCUT2D eigenvalue weighted by atomic mass is 9.86. The lowest BCUT2D eigenvalue weighted by molar-refractivity contribution is -0.474. The highest BCUT2D eigenvalue weighted by molar-refractivity contribution is 6.92. The van der Waals surface area contributed by atoms with Crippen molar-refractivity contribution in [1.82, 2.24) is 10.2 Å². The van der Waals surface area contributed by atoms with Gasteiger partial charge in [-0.1, -0.05) is 59.8 Å². The molecule has 0 aliphatic heterocycles. The van der Waals surface area contributed by atoms with E-state index in [1.54, 1.807) is 0 Å². The molecule has 1 atom stereocenters. The number of amides is 2. The molecular formula is C63H41F63N2O3Si. The highest BCUT2D eigenvalue weighted by atomic mass is 28.3. The Bertz CT molecular complexity index is 4190. The van der Waals surface area contributed by atoms with Crippen LogP contribution in [0.3, 0.4) is 0 Å². The number of hydrogen-bond acceptors (Lipinski definition) is 3. The minimum atomic E-state index is -10.3. The van der Waals surface area contributed by atoms with Crippen LogP contribution in [-0.4, -0.2) is 216 Å². The van der Waals surface area contributed by atoms with Gasteiger partial charge in [-0.3, -0.25) is 9.59 Å². The van der Waals surface area contributed by atoms with Gasteiger partial charge < -0.3 is 15.0 Å². The Morgan fingerprint density at radius 1 is 0.288 bits per heavy atom. The van der Waals surface area contributed by atoms with Gasteiger partial charge in [-0.15, -0.1) is 0 Å². The number of ether oxygens (including phenoxy) is 1. The van der Waals surface area contributed by atoms with Gasteiger partial charge in [0.2, 0.25) is 5.91 Å². The Morgan fingerprint density at radius 2 is 0.500 bits per heavy atom. The molecule has 3 aromatic carbocycles. The number of carbonyl (C=O) groups excluding carboxylic acids is 2. The monoisotopic (exact) mass is 2100 g/mol. The molecule has 69 heteroatoms. The molecule has 0 saturated carbocycles. The second-order valence-corrected chi connectivity index (χ2v) is 33.7. The zero-order valence-corrected chi connectivity index (χ0v) is 63.5. The van der Waals surface area contributed by atoms with Crippen LogP contribution in [0.2, 0.25) is 18.1 Å². The first-order chi connectivity index (χ1) is 57.3. The van der Waals surface area contributed by atoms with E-state index >= 15 is 105 Å². The van der Waals surface area contributed by atoms with Gasteiger partial charge in [0, 0.05) is 36.9 Å². The molecule has 5 nitrogen and oxygen atoms in total. The summed E-state index contributed by atoms with van der Waals surface area (Å²) in [4.78, 5) is 29.3. The number of nitrogens with one attached hydrogen (secondary N) is 1. The summed E-state index contributed by atoms with van der Waals surface area (Å²) in [5.41, 5.74) is -4.35. The number of rotatable bonds is 41. The van der Waals surface area contributed by atoms with E-state index in [9.17, 15) is 181 Å². The first kappa shape index (κ1) is 118. The summed E-state index contributed by atoms with van der Waals surface area (Å²) >= 11 is 0. The van der Waals surface area contributed by atoms with Gasteiger partial charge in [-0.2, -0.15) is 277 Å². The van der Waals surface area contributed by atoms with E-state index in [0.717, 1.165) is 82.5 Å². The fourth-order valence-corrected chi connectivity index (χ4v) is 16.0. The maximum absolute atomic E-state index is 16.3. The van der Waals surface area contributed by atoms with Gasteiger partial charge in [-0.05, 0) is 74.3 Å². The molecule has 0 fully saturated rings. The van der Waals surface area contributed by atoms with E-state index in [1.807, 2.05) is 0 Å². The van der Waals surface area contributed by atoms with E-state index in [2.05, 4.69) is 5.32 Å². The van der Waals surface area contributed by atoms with Crippen molar-refractivity contribution >= 4 is 25.1 Å². The van der Waals surface area contributed by atoms with Crippen LogP contribution >= 0.6 is 0 Å². The summed E-state index contributed by atoms with van der Waals surface area (Å²) in [7, 11) is -7.65. The molecule has 132 heavy (non-hydrogen) atoms. The van der Waals surface area contributed by atoms with Gasteiger partial charge in [0.15, 0.2) is 0 Å². The lowest BCUT2D eigenvalue weighted by Gasteiger charge is -2.45. The molecule has 1 N–H and O–H groups in total. The molecule has 0 bridgehead atoms. The van der Waals surface area contributed by atoms with E-state index < -0.39 is 294 Å². The number of methoxy groups -OCH3 is 1. The molecule has 766 valence electrons. The Hall–Kier alpha value is -7.79. The van der Waals surface area contributed by atoms with Crippen LogP contribution in [-0.2, 0) is 11.3 Å². The minimum Gasteiger partial charge on any atom is -0.497 e. The van der Waals surface area contributed by atoms with Gasteiger partial charge in [0.05, 0.1) is 15.2 Å². The number of halogens is 63. The summed E-state index contributed by atoms with van der Waals surface area (Å²) in [6, 6.07) is -10.4. The highest BCUT2D eigenvalue weighted by Gasteiger charge is 3.02. The zero-order chi connectivity index (χ0) is 106. The fourth-order valence-electron chi connectivity index (χ4n) is 11.1. The predicted molar refractivity (Wildman–Crippen MR) is 312 cm³/mol. The van der Waals surface area contributed by atoms with Crippen molar-refractivity contribution in [2.45, 2.75) is 255 Å². The summed E-state index contributed by atoms with van der Waals surface area (Å²) in [5.74, 6) is -270. The maximum Gasteiger partial charge on any atom is 0.460 e. The van der Waals surface area contributed by atoms with Gasteiger partial charge in [0.25, 0.3) is 5.91 Å². The molecule has 1 unspecified atom stereocenters. The molecule has 3 aromatic rings. The number of hydrogen-bond donors (Lipinski definition) is 1. The van der Waals surface area contributed by atoms with Crippen molar-refractivity contribution < 1.29 is 291 Å². The minimum absolute atomic E-state index is 0.116. The van der Waals surface area contributed by atoms with E-state index in [0.29, 0.717) is 0 Å². The topological polar surface area (TPSA) is 58.6 Å². The average molecular weight is 2100 g/mol. The summed E-state index contributed by atoms with van der Waals surface area (Å²) in [6.45, 7) is 1.97. The number of benzene rings is 3. The molecule has 0 radical (unpaired) electrons. The van der Waals surface area contributed by atoms with Gasteiger partial charge in [-0.25, -0.2) is 0 Å². The van der Waals surface area contributed by atoms with E-state index in [-0.39, 0.29) is 16.2 Å². The fraction of sp³-hybridized carbons (Fsp3) is 0.683. The normalized spacial score (nSPS) is 16.2. The molecule has 0 spiro atoms. The Balaban J connectivity index is 2.91. The lowest BCUT2D eigenvalue weighted by Crippen LogP contribution is -2.77. The largest absolute Gasteiger partial charge is 0.497 e. The van der Waals surface area contributed by atoms with E-state index in [1.165, 1.54) is 0 Å². The van der Waals surface area contributed by atoms with Crippen molar-refractivity contribution in [2.24, 2.45) is 0 Å². The second kappa shape index (κ2) is 33.8. The van der Waals surface area contributed by atoms with Crippen molar-refractivity contribution in [3.8, 4) is 5.75 Å². The van der Waals surface area contributed by atoms with Crippen LogP contribution < -0.4 is 15.2 Å². The second-order valence-electron chi connectivity index (χ2n) is 29.1. The Morgan fingerprint density at radius 3 is 0.705 bits per heavy atom. The number of alkyl halides is 63. The van der Waals surface area contributed by atoms with Crippen LogP contribution in [0, 0.1) is 0 Å². The van der Waals surface area contributed by atoms with Crippen molar-refractivity contribution in [3.05, 3.63) is 95.6 Å². The molecule has 2 amide bonds. The van der Waals surface area contributed by atoms with Crippen molar-refractivity contribution in [3.63, 3.8) is 0 Å². The molecule has 0 aliphatic rings. The van der Waals surface area contributed by atoms with E-state index in [4.69, 9.17) is 4.74 Å². The zero-order valence-electron chi connectivity index (χ0n) is 62.5. The highest BCUT2D eigenvalue weighted by Crippen LogP contribution is 2.72. The third-order valence-corrected chi connectivity index (χ3v) is 24.3. The molecule has 0 heterocycles. The number of carbonyl (C=O) groups is 2. The molecule has 0 aromatic heterocycles. The average Bonchev–Trinajstić information content (AvgIpc) is 0.691.